The van der Waals surface area contributed by atoms with Gasteiger partial charge in [0.2, 0.25) is 0 Å². The highest BCUT2D eigenvalue weighted by atomic mass is 15.0. The normalized spacial score (nSPS) is 11.7. The molecule has 0 atom stereocenters. The monoisotopic (exact) mass is 625 g/mol. The number of rotatable bonds is 4. The molecule has 0 amide bonds. The van der Waals surface area contributed by atoms with Crippen molar-refractivity contribution in [2.45, 2.75) is 0 Å². The van der Waals surface area contributed by atoms with Gasteiger partial charge in [0.25, 0.3) is 0 Å². The Morgan fingerprint density at radius 1 is 0.347 bits per heavy atom. The van der Waals surface area contributed by atoms with Crippen LogP contribution in [0.1, 0.15) is 0 Å². The van der Waals surface area contributed by atoms with E-state index in [-0.39, 0.29) is 0 Å². The molecule has 5 nitrogen and oxygen atoms in total. The number of nitrogens with zero attached hydrogens (tertiary/aromatic N) is 5. The van der Waals surface area contributed by atoms with E-state index in [2.05, 4.69) is 95.6 Å². The summed E-state index contributed by atoms with van der Waals surface area (Å²) in [4.78, 5) is 19.9. The van der Waals surface area contributed by atoms with Crippen LogP contribution in [0.5, 0.6) is 0 Å². The zero-order chi connectivity index (χ0) is 32.3. The van der Waals surface area contributed by atoms with Gasteiger partial charge in [-0.15, -0.1) is 0 Å². The highest BCUT2D eigenvalue weighted by Crippen LogP contribution is 2.47. The molecule has 0 N–H and O–H groups in total. The van der Waals surface area contributed by atoms with Crippen LogP contribution in [0.3, 0.4) is 0 Å². The Morgan fingerprint density at radius 3 is 1.67 bits per heavy atom. The number of benzene rings is 6. The lowest BCUT2D eigenvalue weighted by Gasteiger charge is -2.15. The second-order valence-electron chi connectivity index (χ2n) is 12.3. The van der Waals surface area contributed by atoms with E-state index < -0.39 is 0 Å². The molecule has 4 heterocycles. The van der Waals surface area contributed by atoms with E-state index in [4.69, 9.17) is 19.9 Å². The van der Waals surface area contributed by atoms with E-state index in [1.807, 2.05) is 72.8 Å². The summed E-state index contributed by atoms with van der Waals surface area (Å²) in [6.45, 7) is 0. The molecule has 0 unspecified atom stereocenters. The van der Waals surface area contributed by atoms with Crippen LogP contribution in [-0.4, -0.2) is 24.5 Å². The van der Waals surface area contributed by atoms with Crippen molar-refractivity contribution in [3.05, 3.63) is 164 Å². The summed E-state index contributed by atoms with van der Waals surface area (Å²) in [6, 6.07) is 56.9. The van der Waals surface area contributed by atoms with Crippen LogP contribution in [0, 0.1) is 0 Å². The summed E-state index contributed by atoms with van der Waals surface area (Å²) in [6.07, 6.45) is 0. The quantitative estimate of drug-likeness (QED) is 0.195. The first-order chi connectivity index (χ1) is 24.3. The molecule has 228 valence electrons. The Labute approximate surface area is 282 Å². The van der Waals surface area contributed by atoms with Crippen molar-refractivity contribution in [2.75, 3.05) is 0 Å². The largest absolute Gasteiger partial charge is 0.308 e. The summed E-state index contributed by atoms with van der Waals surface area (Å²) in [5.74, 6) is 1.76. The number of para-hydroxylation sites is 2. The molecular weight excluding hydrogens is 599 g/mol. The van der Waals surface area contributed by atoms with Crippen LogP contribution < -0.4 is 0 Å². The topological polar surface area (TPSA) is 56.5 Å². The number of hydrogen-bond donors (Lipinski definition) is 0. The van der Waals surface area contributed by atoms with E-state index in [1.54, 1.807) is 0 Å². The second kappa shape index (κ2) is 10.9. The van der Waals surface area contributed by atoms with Gasteiger partial charge >= 0.3 is 0 Å². The van der Waals surface area contributed by atoms with Gasteiger partial charge in [-0.2, -0.15) is 0 Å². The van der Waals surface area contributed by atoms with Crippen LogP contribution >= 0.6 is 0 Å². The predicted molar refractivity (Wildman–Crippen MR) is 198 cm³/mol. The summed E-state index contributed by atoms with van der Waals surface area (Å²) < 4.78 is 2.43. The van der Waals surface area contributed by atoms with Gasteiger partial charge in [0.15, 0.2) is 17.5 Å². The number of aromatic nitrogens is 5. The van der Waals surface area contributed by atoms with Crippen molar-refractivity contribution in [1.29, 1.82) is 0 Å². The van der Waals surface area contributed by atoms with Crippen molar-refractivity contribution in [1.82, 2.24) is 24.5 Å². The molecule has 0 radical (unpaired) electrons. The SMILES string of the molecule is c1ccc(-c2nc(-c3ccccc3)nc(-c3cccc(-c4ccc5c(c4)-c4ccccc4-c4cccc6c7ccccc7n-5c46)n3)n2)cc1. The third-order valence-electron chi connectivity index (χ3n) is 9.41. The molecule has 49 heavy (non-hydrogen) atoms. The number of fused-ring (bicyclic) bond motifs is 8. The fourth-order valence-corrected chi connectivity index (χ4v) is 7.19. The molecule has 10 rings (SSSR count). The first-order valence-corrected chi connectivity index (χ1v) is 16.4. The minimum atomic E-state index is 0.534. The van der Waals surface area contributed by atoms with Crippen molar-refractivity contribution in [3.63, 3.8) is 0 Å². The average Bonchev–Trinajstić information content (AvgIpc) is 3.46. The van der Waals surface area contributed by atoms with Gasteiger partial charge in [0, 0.05) is 38.6 Å². The minimum Gasteiger partial charge on any atom is -0.308 e. The molecule has 6 aromatic carbocycles. The van der Waals surface area contributed by atoms with E-state index in [0.717, 1.165) is 33.6 Å². The van der Waals surface area contributed by atoms with Gasteiger partial charge in [-0.25, -0.2) is 19.9 Å². The third kappa shape index (κ3) is 4.40. The maximum atomic E-state index is 5.17. The molecule has 0 saturated heterocycles. The Morgan fingerprint density at radius 2 is 0.918 bits per heavy atom. The van der Waals surface area contributed by atoms with E-state index in [0.29, 0.717) is 23.2 Å². The van der Waals surface area contributed by atoms with Crippen LogP contribution in [0.15, 0.2) is 164 Å². The maximum absolute atomic E-state index is 5.17. The van der Waals surface area contributed by atoms with Crippen LogP contribution in [0.4, 0.5) is 0 Å². The fourth-order valence-electron chi connectivity index (χ4n) is 7.19. The average molecular weight is 626 g/mol. The highest BCUT2D eigenvalue weighted by Gasteiger charge is 2.24. The first kappa shape index (κ1) is 27.4. The molecule has 0 saturated carbocycles. The Balaban J connectivity index is 1.16. The summed E-state index contributed by atoms with van der Waals surface area (Å²) in [5.41, 5.74) is 12.8. The van der Waals surface area contributed by atoms with E-state index in [9.17, 15) is 0 Å². The smallest absolute Gasteiger partial charge is 0.182 e. The fraction of sp³-hybridized carbons (Fsp3) is 0. The first-order valence-electron chi connectivity index (χ1n) is 16.4. The predicted octanol–water partition coefficient (Wildman–Crippen LogP) is 10.7. The Hall–Kier alpha value is -6.72. The highest BCUT2D eigenvalue weighted by molar-refractivity contribution is 6.16. The van der Waals surface area contributed by atoms with Gasteiger partial charge in [-0.05, 0) is 41.5 Å². The van der Waals surface area contributed by atoms with Crippen LogP contribution in [0.2, 0.25) is 0 Å². The standard InChI is InChI=1S/C44H27N5/c1-3-13-28(14-4-1)42-46-43(29-15-5-2-6-16-29)48-44(47-42)38-23-12-22-37(45-38)30-25-26-40-36(27-30)32-18-8-7-17-31(32)34-20-11-21-35-33-19-9-10-24-39(33)49(40)41(34)35/h1-27H. The lowest BCUT2D eigenvalue weighted by atomic mass is 9.92. The minimum absolute atomic E-state index is 0.534. The van der Waals surface area contributed by atoms with E-state index >= 15 is 0 Å². The Kier molecular flexibility index (Phi) is 6.11. The van der Waals surface area contributed by atoms with Gasteiger partial charge < -0.3 is 4.57 Å². The zero-order valence-corrected chi connectivity index (χ0v) is 26.3. The van der Waals surface area contributed by atoms with E-state index in [1.165, 1.54) is 38.5 Å². The zero-order valence-electron chi connectivity index (χ0n) is 26.3. The van der Waals surface area contributed by atoms with Crippen molar-refractivity contribution in [2.24, 2.45) is 0 Å². The van der Waals surface area contributed by atoms with Crippen LogP contribution in [0.25, 0.3) is 95.3 Å². The number of hydrogen-bond acceptors (Lipinski definition) is 4. The molecule has 0 spiro atoms. The van der Waals surface area contributed by atoms with Crippen molar-refractivity contribution < 1.29 is 0 Å². The number of pyridine rings is 1. The van der Waals surface area contributed by atoms with Crippen molar-refractivity contribution in [3.8, 4) is 73.5 Å². The lowest BCUT2D eigenvalue weighted by molar-refractivity contribution is 1.06. The summed E-state index contributed by atoms with van der Waals surface area (Å²) in [7, 11) is 0. The van der Waals surface area contributed by atoms with Gasteiger partial charge in [0.05, 0.1) is 22.4 Å². The van der Waals surface area contributed by atoms with Gasteiger partial charge in [0.1, 0.15) is 5.69 Å². The molecule has 3 aromatic heterocycles. The van der Waals surface area contributed by atoms with Gasteiger partial charge in [-0.1, -0.05) is 133 Å². The molecular formula is C44H27N5. The van der Waals surface area contributed by atoms with Crippen molar-refractivity contribution >= 4 is 21.8 Å². The van der Waals surface area contributed by atoms with Crippen LogP contribution in [-0.2, 0) is 0 Å². The Bertz CT molecular complexity index is 2650. The molecule has 0 fully saturated rings. The molecule has 5 heteroatoms. The van der Waals surface area contributed by atoms with Gasteiger partial charge in [-0.3, -0.25) is 0 Å². The maximum Gasteiger partial charge on any atom is 0.182 e. The summed E-state index contributed by atoms with van der Waals surface area (Å²) in [5, 5.41) is 2.52. The molecule has 9 aromatic rings. The third-order valence-corrected chi connectivity index (χ3v) is 9.41. The second-order valence-corrected chi connectivity index (χ2v) is 12.3. The summed E-state index contributed by atoms with van der Waals surface area (Å²) >= 11 is 0. The molecule has 1 aliphatic rings. The molecule has 1 aliphatic heterocycles. The lowest BCUT2D eigenvalue weighted by Crippen LogP contribution is -2.01. The molecule has 0 aliphatic carbocycles. The molecule has 0 bridgehead atoms.